The van der Waals surface area contributed by atoms with Gasteiger partial charge in [0, 0.05) is 26.1 Å². The zero-order valence-electron chi connectivity index (χ0n) is 20.9. The smallest absolute Gasteiger partial charge is 0.242 e. The molecule has 0 heterocycles. The Morgan fingerprint density at radius 1 is 1.00 bits per heavy atom. The maximum absolute atomic E-state index is 13.3. The van der Waals surface area contributed by atoms with Gasteiger partial charge in [-0.05, 0) is 56.4 Å². The third-order valence-electron chi connectivity index (χ3n) is 5.85. The van der Waals surface area contributed by atoms with Gasteiger partial charge in [0.2, 0.25) is 21.8 Å². The van der Waals surface area contributed by atoms with Crippen molar-refractivity contribution in [1.29, 1.82) is 0 Å². The molecule has 2 aromatic rings. The van der Waals surface area contributed by atoms with Gasteiger partial charge in [0.1, 0.15) is 6.04 Å². The lowest BCUT2D eigenvalue weighted by molar-refractivity contribution is -0.140. The average molecular weight is 488 g/mol. The third-order valence-corrected chi connectivity index (χ3v) is 7.03. The number of carbonyl (C=O) groups is 2. The predicted molar refractivity (Wildman–Crippen MR) is 137 cm³/mol. The number of carbonyl (C=O) groups excluding carboxylic acids is 2. The monoisotopic (exact) mass is 487 g/mol. The lowest BCUT2D eigenvalue weighted by Crippen LogP contribution is -2.48. The van der Waals surface area contributed by atoms with Crippen LogP contribution in [-0.4, -0.2) is 50.5 Å². The molecule has 7 nitrogen and oxygen atoms in total. The Hall–Kier alpha value is -2.87. The van der Waals surface area contributed by atoms with Crippen LogP contribution in [-0.2, 0) is 26.2 Å². The van der Waals surface area contributed by atoms with E-state index in [1.54, 1.807) is 24.0 Å². The minimum atomic E-state index is -3.51. The van der Waals surface area contributed by atoms with Crippen molar-refractivity contribution in [2.75, 3.05) is 23.7 Å². The van der Waals surface area contributed by atoms with Gasteiger partial charge in [-0.3, -0.25) is 13.9 Å². The number of nitrogens with one attached hydrogen (secondary N) is 1. The molecule has 0 saturated heterocycles. The van der Waals surface area contributed by atoms with Gasteiger partial charge in [0.15, 0.2) is 0 Å². The summed E-state index contributed by atoms with van der Waals surface area (Å²) in [5.74, 6) is -0.373. The molecule has 0 aliphatic carbocycles. The molecule has 0 aliphatic heterocycles. The molecule has 0 fully saturated rings. The molecular formula is C26H37N3O4S. The molecule has 1 atom stereocenters. The summed E-state index contributed by atoms with van der Waals surface area (Å²) >= 11 is 0. The van der Waals surface area contributed by atoms with Crippen LogP contribution in [0.2, 0.25) is 0 Å². The van der Waals surface area contributed by atoms with Crippen LogP contribution in [0.25, 0.3) is 0 Å². The maximum Gasteiger partial charge on any atom is 0.242 e. The van der Waals surface area contributed by atoms with E-state index in [-0.39, 0.29) is 24.8 Å². The fourth-order valence-corrected chi connectivity index (χ4v) is 4.80. The first-order valence-electron chi connectivity index (χ1n) is 11.7. The highest BCUT2D eigenvalue weighted by Crippen LogP contribution is 2.23. The number of anilines is 1. The van der Waals surface area contributed by atoms with Crippen molar-refractivity contribution in [2.45, 2.75) is 59.5 Å². The lowest BCUT2D eigenvalue weighted by atomic mass is 10.1. The quantitative estimate of drug-likeness (QED) is 0.493. The molecule has 8 heteroatoms. The first-order valence-corrected chi connectivity index (χ1v) is 13.6. The minimum Gasteiger partial charge on any atom is -0.354 e. The van der Waals surface area contributed by atoms with Crippen LogP contribution in [0, 0.1) is 13.8 Å². The van der Waals surface area contributed by atoms with Crippen LogP contribution in [0.4, 0.5) is 5.69 Å². The standard InChI is InChI=1S/C26H37N3O4S/c1-6-17-27-26(31)22(4)28(19-23-14-9-7-12-20(23)2)25(30)16-11-18-29(34(5,32)33)24-15-10-8-13-21(24)3/h7-10,12-15,22H,6,11,16-19H2,1-5H3,(H,27,31)/t22-/m1/s1. The fourth-order valence-electron chi connectivity index (χ4n) is 3.78. The second-order valence-electron chi connectivity index (χ2n) is 8.64. The summed E-state index contributed by atoms with van der Waals surface area (Å²) in [6.45, 7) is 8.60. The number of amides is 2. The number of sulfonamides is 1. The van der Waals surface area contributed by atoms with Gasteiger partial charge < -0.3 is 10.2 Å². The second kappa shape index (κ2) is 12.6. The largest absolute Gasteiger partial charge is 0.354 e. The van der Waals surface area contributed by atoms with Crippen LogP contribution >= 0.6 is 0 Å². The van der Waals surface area contributed by atoms with E-state index in [9.17, 15) is 18.0 Å². The van der Waals surface area contributed by atoms with Crippen molar-refractivity contribution < 1.29 is 18.0 Å². The van der Waals surface area contributed by atoms with E-state index in [1.807, 2.05) is 57.2 Å². The van der Waals surface area contributed by atoms with Gasteiger partial charge in [-0.2, -0.15) is 0 Å². The Balaban J connectivity index is 2.17. The van der Waals surface area contributed by atoms with E-state index in [0.717, 1.165) is 23.1 Å². The number of hydrogen-bond donors (Lipinski definition) is 1. The molecule has 2 rings (SSSR count). The van der Waals surface area contributed by atoms with Crippen molar-refractivity contribution in [3.8, 4) is 0 Å². The Morgan fingerprint density at radius 2 is 1.62 bits per heavy atom. The van der Waals surface area contributed by atoms with Gasteiger partial charge >= 0.3 is 0 Å². The molecule has 0 saturated carbocycles. The highest BCUT2D eigenvalue weighted by Gasteiger charge is 2.27. The van der Waals surface area contributed by atoms with Gasteiger partial charge in [-0.1, -0.05) is 49.4 Å². The van der Waals surface area contributed by atoms with Gasteiger partial charge in [-0.15, -0.1) is 0 Å². The molecule has 0 bridgehead atoms. The molecular weight excluding hydrogens is 450 g/mol. The summed E-state index contributed by atoms with van der Waals surface area (Å²) in [5, 5.41) is 2.87. The number of aryl methyl sites for hydroxylation is 2. The number of rotatable bonds is 12. The molecule has 0 radical (unpaired) electrons. The van der Waals surface area contributed by atoms with Crippen molar-refractivity contribution in [3.63, 3.8) is 0 Å². The summed E-state index contributed by atoms with van der Waals surface area (Å²) in [6.07, 6.45) is 2.46. The van der Waals surface area contributed by atoms with Crippen LogP contribution < -0.4 is 9.62 Å². The van der Waals surface area contributed by atoms with E-state index in [4.69, 9.17) is 0 Å². The zero-order chi connectivity index (χ0) is 25.3. The van der Waals surface area contributed by atoms with E-state index in [0.29, 0.717) is 25.2 Å². The van der Waals surface area contributed by atoms with E-state index < -0.39 is 16.1 Å². The summed E-state index contributed by atoms with van der Waals surface area (Å²) in [4.78, 5) is 27.5. The topological polar surface area (TPSA) is 86.8 Å². The summed E-state index contributed by atoms with van der Waals surface area (Å²) in [7, 11) is -3.51. The molecule has 2 amide bonds. The first kappa shape index (κ1) is 27.4. The highest BCUT2D eigenvalue weighted by molar-refractivity contribution is 7.92. The van der Waals surface area contributed by atoms with Gasteiger partial charge in [-0.25, -0.2) is 8.42 Å². The Morgan fingerprint density at radius 3 is 2.21 bits per heavy atom. The highest BCUT2D eigenvalue weighted by atomic mass is 32.2. The number of hydrogen-bond acceptors (Lipinski definition) is 4. The summed E-state index contributed by atoms with van der Waals surface area (Å²) in [5.41, 5.74) is 3.48. The normalized spacial score (nSPS) is 12.1. The number of para-hydroxylation sites is 1. The second-order valence-corrected chi connectivity index (χ2v) is 10.5. The van der Waals surface area contributed by atoms with E-state index in [2.05, 4.69) is 5.32 Å². The number of nitrogens with zero attached hydrogens (tertiary/aromatic N) is 2. The Labute approximate surface area is 204 Å². The van der Waals surface area contributed by atoms with Crippen molar-refractivity contribution in [1.82, 2.24) is 10.2 Å². The van der Waals surface area contributed by atoms with Gasteiger partial charge in [0.25, 0.3) is 0 Å². The zero-order valence-corrected chi connectivity index (χ0v) is 21.7. The van der Waals surface area contributed by atoms with Crippen molar-refractivity contribution in [3.05, 3.63) is 65.2 Å². The van der Waals surface area contributed by atoms with E-state index in [1.165, 1.54) is 10.6 Å². The molecule has 0 aromatic heterocycles. The van der Waals surface area contributed by atoms with Crippen molar-refractivity contribution in [2.24, 2.45) is 0 Å². The van der Waals surface area contributed by atoms with Crippen LogP contribution in [0.15, 0.2) is 48.5 Å². The van der Waals surface area contributed by atoms with Crippen LogP contribution in [0.1, 0.15) is 49.8 Å². The molecule has 0 unspecified atom stereocenters. The summed E-state index contributed by atoms with van der Waals surface area (Å²) < 4.78 is 26.2. The SMILES string of the molecule is CCCNC(=O)[C@@H](C)N(Cc1ccccc1C)C(=O)CCCN(c1ccccc1C)S(C)(=O)=O. The fraction of sp³-hybridized carbons (Fsp3) is 0.462. The molecule has 1 N–H and O–H groups in total. The Kier molecular flexibility index (Phi) is 10.1. The third kappa shape index (κ3) is 7.58. The van der Waals surface area contributed by atoms with Crippen molar-refractivity contribution >= 4 is 27.5 Å². The minimum absolute atomic E-state index is 0.134. The Bertz CT molecular complexity index is 1080. The maximum atomic E-state index is 13.3. The van der Waals surface area contributed by atoms with Crippen LogP contribution in [0.3, 0.4) is 0 Å². The number of benzene rings is 2. The first-order chi connectivity index (χ1) is 16.1. The molecule has 2 aromatic carbocycles. The van der Waals surface area contributed by atoms with E-state index >= 15 is 0 Å². The summed E-state index contributed by atoms with van der Waals surface area (Å²) in [6, 6.07) is 14.4. The molecule has 186 valence electrons. The van der Waals surface area contributed by atoms with Crippen LogP contribution in [0.5, 0.6) is 0 Å². The average Bonchev–Trinajstić information content (AvgIpc) is 2.79. The predicted octanol–water partition coefficient (Wildman–Crippen LogP) is 3.79. The molecule has 0 spiro atoms. The molecule has 34 heavy (non-hydrogen) atoms. The lowest BCUT2D eigenvalue weighted by Gasteiger charge is -2.30. The molecule has 0 aliphatic rings. The van der Waals surface area contributed by atoms with Gasteiger partial charge in [0.05, 0.1) is 11.9 Å².